The average Bonchev–Trinajstić information content (AvgIpc) is 2.65. The zero-order chi connectivity index (χ0) is 18.9. The van der Waals surface area contributed by atoms with Gasteiger partial charge in [0.15, 0.2) is 11.6 Å². The first kappa shape index (κ1) is 16.4. The number of likely N-dealkylation sites (N-methyl/N-ethyl adjacent to an activating group) is 1. The molecule has 138 valence electrons. The Morgan fingerprint density at radius 1 is 1.07 bits per heavy atom. The van der Waals surface area contributed by atoms with Gasteiger partial charge in [-0.3, -0.25) is 14.3 Å². The number of hydrogen-bond donors (Lipinski definition) is 0. The first-order chi connectivity index (χ1) is 13.0. The van der Waals surface area contributed by atoms with Crippen LogP contribution in [0.4, 0.5) is 14.5 Å². The summed E-state index contributed by atoms with van der Waals surface area (Å²) in [5.41, 5.74) is 1.18. The molecule has 3 aromatic rings. The zero-order valence-electron chi connectivity index (χ0n) is 15.0. The van der Waals surface area contributed by atoms with Gasteiger partial charge in [0.05, 0.1) is 22.5 Å². The molecule has 2 fully saturated rings. The zero-order valence-corrected chi connectivity index (χ0v) is 15.0. The van der Waals surface area contributed by atoms with Gasteiger partial charge in [-0.15, -0.1) is 0 Å². The lowest BCUT2D eigenvalue weighted by Gasteiger charge is -2.62. The molecule has 5 rings (SSSR count). The van der Waals surface area contributed by atoms with E-state index in [1.807, 2.05) is 12.1 Å². The number of nitrogens with zero attached hydrogens (tertiary/aromatic N) is 4. The van der Waals surface area contributed by atoms with Gasteiger partial charge >= 0.3 is 0 Å². The van der Waals surface area contributed by atoms with Gasteiger partial charge in [0.2, 0.25) is 0 Å². The molecule has 5 nitrogen and oxygen atoms in total. The van der Waals surface area contributed by atoms with Crippen molar-refractivity contribution in [2.45, 2.75) is 12.1 Å². The summed E-state index contributed by atoms with van der Waals surface area (Å²) in [4.78, 5) is 22.0. The molecule has 1 aromatic heterocycles. The lowest BCUT2D eigenvalue weighted by Crippen LogP contribution is -2.78. The van der Waals surface area contributed by atoms with E-state index in [9.17, 15) is 13.6 Å². The normalized spacial score (nSPS) is 21.7. The molecule has 0 aliphatic carbocycles. The molecule has 1 unspecified atom stereocenters. The van der Waals surface area contributed by atoms with Crippen molar-refractivity contribution >= 4 is 16.6 Å². The van der Waals surface area contributed by atoms with E-state index in [0.29, 0.717) is 23.0 Å². The second-order valence-corrected chi connectivity index (χ2v) is 7.33. The number of rotatable bonds is 2. The topological polar surface area (TPSA) is 41.4 Å². The minimum Gasteiger partial charge on any atom is -0.364 e. The monoisotopic (exact) mass is 368 g/mol. The Morgan fingerprint density at radius 3 is 2.59 bits per heavy atom. The third-order valence-electron chi connectivity index (χ3n) is 5.85. The van der Waals surface area contributed by atoms with Crippen LogP contribution in [0, 0.1) is 11.6 Å². The summed E-state index contributed by atoms with van der Waals surface area (Å²) in [6.45, 7) is 1.98. The number of anilines is 1. The molecular formula is C20H18F2N4O. The smallest absolute Gasteiger partial charge is 0.261 e. The van der Waals surface area contributed by atoms with E-state index in [-0.39, 0.29) is 16.9 Å². The summed E-state index contributed by atoms with van der Waals surface area (Å²) in [6.07, 6.45) is 0. The van der Waals surface area contributed by atoms with Crippen LogP contribution in [0.5, 0.6) is 0 Å². The van der Waals surface area contributed by atoms with Crippen LogP contribution in [0.3, 0.4) is 0 Å². The maximum atomic E-state index is 14.2. The number of halogens is 2. The van der Waals surface area contributed by atoms with Crippen molar-refractivity contribution in [2.24, 2.45) is 7.05 Å². The van der Waals surface area contributed by atoms with Crippen LogP contribution in [0.25, 0.3) is 22.3 Å². The number of benzene rings is 2. The van der Waals surface area contributed by atoms with Crippen LogP contribution in [-0.2, 0) is 7.05 Å². The Labute approximate surface area is 154 Å². The van der Waals surface area contributed by atoms with Gasteiger partial charge in [-0.25, -0.2) is 13.8 Å². The predicted octanol–water partition coefficient (Wildman–Crippen LogP) is 2.38. The number of aromatic nitrogens is 2. The molecule has 7 heteroatoms. The third kappa shape index (κ3) is 2.24. The highest BCUT2D eigenvalue weighted by Crippen LogP contribution is 2.37. The minimum absolute atomic E-state index is 0.0244. The fourth-order valence-corrected chi connectivity index (χ4v) is 4.13. The standard InChI is InChI=1S/C20H18F2N4O/c1-24-9-17-16(24)10-26(17)11-6-7-15-13(8-11)20(27)25(2)19(23-15)12-4-3-5-14(21)18(12)22/h3-8,16-17H,9-10H2,1-2H3/t16-,17?/m1/s1. The molecule has 2 atom stereocenters. The third-order valence-corrected chi connectivity index (χ3v) is 5.85. The van der Waals surface area contributed by atoms with Gasteiger partial charge in [0.1, 0.15) is 5.82 Å². The highest BCUT2D eigenvalue weighted by Gasteiger charge is 2.49. The van der Waals surface area contributed by atoms with Crippen LogP contribution < -0.4 is 10.5 Å². The van der Waals surface area contributed by atoms with E-state index in [1.54, 1.807) is 6.07 Å². The van der Waals surface area contributed by atoms with Gasteiger partial charge in [0.25, 0.3) is 5.56 Å². The summed E-state index contributed by atoms with van der Waals surface area (Å²) in [6, 6.07) is 10.5. The largest absolute Gasteiger partial charge is 0.364 e. The lowest BCUT2D eigenvalue weighted by molar-refractivity contribution is 0.0369. The van der Waals surface area contributed by atoms with E-state index in [0.717, 1.165) is 24.8 Å². The maximum Gasteiger partial charge on any atom is 0.261 e. The fourth-order valence-electron chi connectivity index (χ4n) is 4.13. The molecule has 0 saturated carbocycles. The second kappa shape index (κ2) is 5.60. The highest BCUT2D eigenvalue weighted by atomic mass is 19.2. The molecule has 2 aromatic carbocycles. The summed E-state index contributed by atoms with van der Waals surface area (Å²) >= 11 is 0. The van der Waals surface area contributed by atoms with Gasteiger partial charge in [0, 0.05) is 31.9 Å². The summed E-state index contributed by atoms with van der Waals surface area (Å²) in [5.74, 6) is -1.85. The van der Waals surface area contributed by atoms with Gasteiger partial charge in [-0.05, 0) is 37.4 Å². The number of fused-ring (bicyclic) bond motifs is 2. The fraction of sp³-hybridized carbons (Fsp3) is 0.300. The number of hydrogen-bond acceptors (Lipinski definition) is 4. The molecule has 0 spiro atoms. The minimum atomic E-state index is -1.00. The predicted molar refractivity (Wildman–Crippen MR) is 99.9 cm³/mol. The molecule has 2 aliphatic heterocycles. The summed E-state index contributed by atoms with van der Waals surface area (Å²) < 4.78 is 29.1. The molecule has 3 heterocycles. The number of likely N-dealkylation sites (tertiary alicyclic amines) is 1. The van der Waals surface area contributed by atoms with Crippen LogP contribution in [0.2, 0.25) is 0 Å². The Bertz CT molecular complexity index is 1140. The number of piperazine rings is 1. The van der Waals surface area contributed by atoms with Crippen LogP contribution in [0.15, 0.2) is 41.2 Å². The molecule has 0 amide bonds. The van der Waals surface area contributed by atoms with Crippen molar-refractivity contribution < 1.29 is 8.78 Å². The van der Waals surface area contributed by atoms with Gasteiger partial charge in [-0.1, -0.05) is 6.07 Å². The average molecular weight is 368 g/mol. The molecule has 2 saturated heterocycles. The van der Waals surface area contributed by atoms with E-state index >= 15 is 0 Å². The van der Waals surface area contributed by atoms with Crippen molar-refractivity contribution in [1.29, 1.82) is 0 Å². The Morgan fingerprint density at radius 2 is 1.89 bits per heavy atom. The Balaban J connectivity index is 1.61. The SMILES string of the molecule is CN1CC2[C@H]1CN2c1ccc2nc(-c3cccc(F)c3F)n(C)c(=O)c2c1. The first-order valence-corrected chi connectivity index (χ1v) is 8.88. The van der Waals surface area contributed by atoms with Crippen LogP contribution in [0.1, 0.15) is 0 Å². The Hall–Kier alpha value is -2.80. The van der Waals surface area contributed by atoms with Crippen molar-refractivity contribution in [3.63, 3.8) is 0 Å². The Kier molecular flexibility index (Phi) is 3.40. The first-order valence-electron chi connectivity index (χ1n) is 8.88. The summed E-state index contributed by atoms with van der Waals surface area (Å²) in [5, 5.41) is 0.478. The van der Waals surface area contributed by atoms with Crippen molar-refractivity contribution in [2.75, 3.05) is 25.0 Å². The van der Waals surface area contributed by atoms with E-state index in [4.69, 9.17) is 0 Å². The molecular weight excluding hydrogens is 350 g/mol. The molecule has 2 aliphatic rings. The molecule has 0 bridgehead atoms. The second-order valence-electron chi connectivity index (χ2n) is 7.33. The van der Waals surface area contributed by atoms with Crippen molar-refractivity contribution in [3.05, 3.63) is 58.4 Å². The molecule has 0 radical (unpaired) electrons. The van der Waals surface area contributed by atoms with Crippen LogP contribution >= 0.6 is 0 Å². The van der Waals surface area contributed by atoms with Gasteiger partial charge < -0.3 is 4.90 Å². The lowest BCUT2D eigenvalue weighted by atomic mass is 9.85. The van der Waals surface area contributed by atoms with E-state index < -0.39 is 11.6 Å². The van der Waals surface area contributed by atoms with Crippen molar-refractivity contribution in [3.8, 4) is 11.4 Å². The summed E-state index contributed by atoms with van der Waals surface area (Å²) in [7, 11) is 3.65. The van der Waals surface area contributed by atoms with Gasteiger partial charge in [-0.2, -0.15) is 0 Å². The van der Waals surface area contributed by atoms with Crippen molar-refractivity contribution in [1.82, 2.24) is 14.5 Å². The molecule has 0 N–H and O–H groups in total. The van der Waals surface area contributed by atoms with E-state index in [1.165, 1.54) is 23.7 Å². The van der Waals surface area contributed by atoms with E-state index in [2.05, 4.69) is 21.8 Å². The molecule has 27 heavy (non-hydrogen) atoms. The quantitative estimate of drug-likeness (QED) is 0.697. The highest BCUT2D eigenvalue weighted by molar-refractivity contribution is 5.84. The van der Waals surface area contributed by atoms with Crippen LogP contribution in [-0.4, -0.2) is 46.7 Å². The maximum absolute atomic E-state index is 14.2.